The lowest BCUT2D eigenvalue weighted by atomic mass is 10.0. The molecule has 0 radical (unpaired) electrons. The first-order valence-corrected chi connectivity index (χ1v) is 7.35. The molecule has 2 rings (SSSR count). The fourth-order valence-electron chi connectivity index (χ4n) is 1.90. The average molecular weight is 324 g/mol. The van der Waals surface area contributed by atoms with Gasteiger partial charge in [-0.05, 0) is 11.6 Å². The zero-order valence-electron chi connectivity index (χ0n) is 11.1. The molecule has 0 bridgehead atoms. The summed E-state index contributed by atoms with van der Waals surface area (Å²) in [6, 6.07) is 14.3. The number of hydrogen-bond acceptors (Lipinski definition) is 4. The molecule has 1 atom stereocenters. The molecule has 21 heavy (non-hydrogen) atoms. The van der Waals surface area contributed by atoms with Crippen molar-refractivity contribution < 1.29 is 9.66 Å². The quantitative estimate of drug-likeness (QED) is 0.489. The summed E-state index contributed by atoms with van der Waals surface area (Å²) in [4.78, 5) is 10.2. The average Bonchev–Trinajstić information content (AvgIpc) is 2.48. The molecule has 0 saturated heterocycles. The summed E-state index contributed by atoms with van der Waals surface area (Å²) in [7, 11) is 0. The molecule has 110 valence electrons. The van der Waals surface area contributed by atoms with Gasteiger partial charge in [-0.2, -0.15) is 12.6 Å². The maximum absolute atomic E-state index is 10.7. The van der Waals surface area contributed by atoms with Gasteiger partial charge in [-0.1, -0.05) is 41.9 Å². The molecule has 0 fully saturated rings. The Morgan fingerprint density at radius 1 is 1.24 bits per heavy atom. The van der Waals surface area contributed by atoms with E-state index in [1.165, 1.54) is 12.1 Å². The predicted molar refractivity (Wildman–Crippen MR) is 86.6 cm³/mol. The third-order valence-electron chi connectivity index (χ3n) is 3.06. The smallest absolute Gasteiger partial charge is 0.288 e. The normalized spacial score (nSPS) is 11.9. The van der Waals surface area contributed by atoms with Crippen LogP contribution in [0.3, 0.4) is 0 Å². The van der Waals surface area contributed by atoms with E-state index in [1.807, 2.05) is 30.3 Å². The topological polar surface area (TPSA) is 52.4 Å². The Morgan fingerprint density at radius 3 is 2.52 bits per heavy atom. The molecule has 0 N–H and O–H groups in total. The van der Waals surface area contributed by atoms with E-state index in [-0.39, 0.29) is 16.6 Å². The molecule has 1 unspecified atom stereocenters. The van der Waals surface area contributed by atoms with Crippen LogP contribution in [-0.2, 0) is 0 Å². The second-order valence-corrected chi connectivity index (χ2v) is 5.24. The zero-order chi connectivity index (χ0) is 15.2. The lowest BCUT2D eigenvalue weighted by Crippen LogP contribution is -2.12. The summed E-state index contributed by atoms with van der Waals surface area (Å²) in [6.07, 6.45) is 0. The van der Waals surface area contributed by atoms with Crippen molar-refractivity contribution >= 4 is 29.9 Å². The Kier molecular flexibility index (Phi) is 5.47. The van der Waals surface area contributed by atoms with Crippen LogP contribution in [-0.4, -0.2) is 17.3 Å². The summed E-state index contributed by atoms with van der Waals surface area (Å²) in [5.41, 5.74) is 1.01. The molecular formula is C15H14ClNO3S. The third-order valence-corrected chi connectivity index (χ3v) is 3.80. The van der Waals surface area contributed by atoms with E-state index in [4.69, 9.17) is 16.3 Å². The summed E-state index contributed by atoms with van der Waals surface area (Å²) < 4.78 is 5.67. The lowest BCUT2D eigenvalue weighted by molar-refractivity contribution is -0.384. The summed E-state index contributed by atoms with van der Waals surface area (Å²) >= 11 is 10.2. The van der Waals surface area contributed by atoms with Crippen molar-refractivity contribution in [2.75, 3.05) is 12.4 Å². The highest BCUT2D eigenvalue weighted by Gasteiger charge is 2.14. The molecule has 0 heterocycles. The molecule has 0 spiro atoms. The fraction of sp³-hybridized carbons (Fsp3) is 0.200. The van der Waals surface area contributed by atoms with Crippen molar-refractivity contribution in [2.45, 2.75) is 5.92 Å². The fourth-order valence-corrected chi connectivity index (χ4v) is 2.46. The van der Waals surface area contributed by atoms with E-state index in [0.29, 0.717) is 18.1 Å². The SMILES string of the molecule is O=[N+]([O-])c1ccc(OCC(CS)c2ccccc2)cc1Cl. The predicted octanol–water partition coefficient (Wildman–Crippen LogP) is 4.34. The van der Waals surface area contributed by atoms with E-state index in [9.17, 15) is 10.1 Å². The van der Waals surface area contributed by atoms with Gasteiger partial charge in [0.2, 0.25) is 0 Å². The van der Waals surface area contributed by atoms with Gasteiger partial charge < -0.3 is 4.74 Å². The first kappa shape index (κ1) is 15.7. The van der Waals surface area contributed by atoms with Gasteiger partial charge in [0.25, 0.3) is 5.69 Å². The number of benzene rings is 2. The number of ether oxygens (including phenoxy) is 1. The van der Waals surface area contributed by atoms with Crippen LogP contribution in [0.25, 0.3) is 0 Å². The van der Waals surface area contributed by atoms with Gasteiger partial charge in [-0.3, -0.25) is 10.1 Å². The van der Waals surface area contributed by atoms with Gasteiger partial charge in [0.15, 0.2) is 0 Å². The molecule has 0 aliphatic heterocycles. The van der Waals surface area contributed by atoms with Crippen LogP contribution in [0.5, 0.6) is 5.75 Å². The Balaban J connectivity index is 2.05. The first-order valence-electron chi connectivity index (χ1n) is 6.34. The maximum Gasteiger partial charge on any atom is 0.288 e. The van der Waals surface area contributed by atoms with Gasteiger partial charge in [-0.25, -0.2) is 0 Å². The van der Waals surface area contributed by atoms with Gasteiger partial charge >= 0.3 is 0 Å². The molecule has 2 aromatic carbocycles. The van der Waals surface area contributed by atoms with Crippen LogP contribution in [0.2, 0.25) is 5.02 Å². The minimum atomic E-state index is -0.521. The van der Waals surface area contributed by atoms with Gasteiger partial charge in [0.05, 0.1) is 11.5 Å². The van der Waals surface area contributed by atoms with Crippen molar-refractivity contribution in [3.8, 4) is 5.75 Å². The van der Waals surface area contributed by atoms with E-state index >= 15 is 0 Å². The Hall–Kier alpha value is -1.72. The summed E-state index contributed by atoms with van der Waals surface area (Å²) in [6.45, 7) is 0.432. The van der Waals surface area contributed by atoms with E-state index in [0.717, 1.165) is 5.56 Å². The van der Waals surface area contributed by atoms with Crippen LogP contribution in [0, 0.1) is 10.1 Å². The van der Waals surface area contributed by atoms with Crippen molar-refractivity contribution in [2.24, 2.45) is 0 Å². The molecule has 0 aliphatic rings. The Morgan fingerprint density at radius 2 is 1.95 bits per heavy atom. The molecule has 6 heteroatoms. The first-order chi connectivity index (χ1) is 10.1. The van der Waals surface area contributed by atoms with Crippen molar-refractivity contribution in [3.05, 3.63) is 69.2 Å². The highest BCUT2D eigenvalue weighted by molar-refractivity contribution is 7.80. The standard InChI is InChI=1S/C15H14ClNO3S/c16-14-8-13(6-7-15(14)17(18)19)20-9-12(10-21)11-4-2-1-3-5-11/h1-8,12,21H,9-10H2. The van der Waals surface area contributed by atoms with Crippen molar-refractivity contribution in [3.63, 3.8) is 0 Å². The third kappa shape index (κ3) is 4.12. The number of thiol groups is 1. The second kappa shape index (κ2) is 7.33. The van der Waals surface area contributed by atoms with Crippen LogP contribution >= 0.6 is 24.2 Å². The van der Waals surface area contributed by atoms with Crippen LogP contribution in [0.1, 0.15) is 11.5 Å². The summed E-state index contributed by atoms with van der Waals surface area (Å²) in [5.74, 6) is 1.29. The van der Waals surface area contributed by atoms with Gasteiger partial charge in [0, 0.05) is 23.8 Å². The van der Waals surface area contributed by atoms with E-state index < -0.39 is 4.92 Å². The summed E-state index contributed by atoms with van der Waals surface area (Å²) in [5, 5.41) is 10.8. The lowest BCUT2D eigenvalue weighted by Gasteiger charge is -2.16. The molecule has 0 aromatic heterocycles. The van der Waals surface area contributed by atoms with Gasteiger partial charge in [-0.15, -0.1) is 0 Å². The molecular weight excluding hydrogens is 310 g/mol. The van der Waals surface area contributed by atoms with Crippen LogP contribution < -0.4 is 4.74 Å². The zero-order valence-corrected chi connectivity index (χ0v) is 12.8. The van der Waals surface area contributed by atoms with Gasteiger partial charge in [0.1, 0.15) is 10.8 Å². The number of hydrogen-bond donors (Lipinski definition) is 1. The van der Waals surface area contributed by atoms with E-state index in [2.05, 4.69) is 12.6 Å². The molecule has 0 amide bonds. The molecule has 0 aliphatic carbocycles. The monoisotopic (exact) mass is 323 g/mol. The van der Waals surface area contributed by atoms with Crippen molar-refractivity contribution in [1.29, 1.82) is 0 Å². The van der Waals surface area contributed by atoms with E-state index in [1.54, 1.807) is 6.07 Å². The minimum absolute atomic E-state index is 0.0691. The number of rotatable bonds is 6. The molecule has 0 saturated carbocycles. The Labute approximate surface area is 133 Å². The largest absolute Gasteiger partial charge is 0.493 e. The molecule has 4 nitrogen and oxygen atoms in total. The second-order valence-electron chi connectivity index (χ2n) is 4.47. The molecule has 2 aromatic rings. The van der Waals surface area contributed by atoms with Crippen LogP contribution in [0.4, 0.5) is 5.69 Å². The van der Waals surface area contributed by atoms with Crippen LogP contribution in [0.15, 0.2) is 48.5 Å². The Bertz CT molecular complexity index is 622. The minimum Gasteiger partial charge on any atom is -0.493 e. The van der Waals surface area contributed by atoms with Crippen molar-refractivity contribution in [1.82, 2.24) is 0 Å². The highest BCUT2D eigenvalue weighted by atomic mass is 35.5. The highest BCUT2D eigenvalue weighted by Crippen LogP contribution is 2.29. The number of halogens is 1. The number of nitrogens with zero attached hydrogens (tertiary/aromatic N) is 1. The maximum atomic E-state index is 10.7. The number of nitro benzene ring substituents is 1. The number of nitro groups is 1.